The molecule has 1 saturated heterocycles. The lowest BCUT2D eigenvalue weighted by molar-refractivity contribution is -0.132. The van der Waals surface area contributed by atoms with Crippen LogP contribution in [0.2, 0.25) is 0 Å². The van der Waals surface area contributed by atoms with E-state index in [9.17, 15) is 14.7 Å². The lowest BCUT2D eigenvalue weighted by Gasteiger charge is -2.27. The first-order chi connectivity index (χ1) is 18.0. The number of aliphatic hydroxyl groups excluding tert-OH is 1. The summed E-state index contributed by atoms with van der Waals surface area (Å²) in [5.41, 5.74) is 4.36. The summed E-state index contributed by atoms with van der Waals surface area (Å²) < 4.78 is 11.3. The number of rotatable bonds is 6. The Hall–Kier alpha value is -4.06. The van der Waals surface area contributed by atoms with E-state index >= 15 is 0 Å². The molecule has 6 nitrogen and oxygen atoms in total. The molecule has 1 fully saturated rings. The van der Waals surface area contributed by atoms with Crippen molar-refractivity contribution >= 4 is 23.1 Å². The van der Waals surface area contributed by atoms with Gasteiger partial charge in [0.2, 0.25) is 0 Å². The Bertz CT molecular complexity index is 1430. The summed E-state index contributed by atoms with van der Waals surface area (Å²) >= 11 is 0. The molecule has 198 valence electrons. The molecule has 0 radical (unpaired) electrons. The van der Waals surface area contributed by atoms with Gasteiger partial charge in [0.05, 0.1) is 25.3 Å². The van der Waals surface area contributed by atoms with Crippen LogP contribution in [0.25, 0.3) is 5.76 Å². The number of methoxy groups -OCH3 is 1. The molecule has 0 saturated carbocycles. The fourth-order valence-electron chi connectivity index (χ4n) is 4.81. The van der Waals surface area contributed by atoms with Crippen molar-refractivity contribution in [2.45, 2.75) is 53.0 Å². The third kappa shape index (κ3) is 4.91. The molecule has 0 aliphatic carbocycles. The van der Waals surface area contributed by atoms with Crippen LogP contribution < -0.4 is 14.4 Å². The van der Waals surface area contributed by atoms with E-state index in [2.05, 4.69) is 20.8 Å². The largest absolute Gasteiger partial charge is 0.507 e. The molecule has 0 bridgehead atoms. The van der Waals surface area contributed by atoms with Gasteiger partial charge in [-0.2, -0.15) is 0 Å². The van der Waals surface area contributed by atoms with Crippen LogP contribution in [0.5, 0.6) is 11.5 Å². The molecule has 1 aliphatic heterocycles. The predicted octanol–water partition coefficient (Wildman–Crippen LogP) is 6.63. The maximum Gasteiger partial charge on any atom is 0.300 e. The SMILES string of the molecule is CCOc1ccc(C2/C(=C(\O)c3cc(C(C)(C)C)ccc3C)C(=O)C(=O)N2c2cccc(C)c2)cc1OC. The third-order valence-electron chi connectivity index (χ3n) is 6.89. The normalized spacial score (nSPS) is 17.1. The Morgan fingerprint density at radius 2 is 1.71 bits per heavy atom. The highest BCUT2D eigenvalue weighted by atomic mass is 16.5. The van der Waals surface area contributed by atoms with Crippen molar-refractivity contribution in [3.8, 4) is 11.5 Å². The van der Waals surface area contributed by atoms with Gasteiger partial charge in [-0.05, 0) is 78.8 Å². The van der Waals surface area contributed by atoms with E-state index < -0.39 is 17.7 Å². The monoisotopic (exact) mass is 513 g/mol. The Morgan fingerprint density at radius 3 is 2.34 bits per heavy atom. The zero-order chi connectivity index (χ0) is 27.8. The van der Waals surface area contributed by atoms with E-state index in [1.807, 2.05) is 57.2 Å². The molecule has 4 rings (SSSR count). The predicted molar refractivity (Wildman–Crippen MR) is 150 cm³/mol. The van der Waals surface area contributed by atoms with Crippen LogP contribution in [0.4, 0.5) is 5.69 Å². The van der Waals surface area contributed by atoms with Gasteiger partial charge in [-0.25, -0.2) is 0 Å². The van der Waals surface area contributed by atoms with Crippen LogP contribution >= 0.6 is 0 Å². The maximum atomic E-state index is 13.6. The number of aliphatic hydroxyl groups is 1. The number of carbonyl (C=O) groups excluding carboxylic acids is 2. The second kappa shape index (κ2) is 10.4. The molecule has 1 amide bonds. The van der Waals surface area contributed by atoms with E-state index in [0.717, 1.165) is 16.7 Å². The van der Waals surface area contributed by atoms with Crippen LogP contribution in [0, 0.1) is 13.8 Å². The smallest absolute Gasteiger partial charge is 0.300 e. The number of amides is 1. The van der Waals surface area contributed by atoms with Crippen LogP contribution in [0.15, 0.2) is 66.2 Å². The number of aryl methyl sites for hydroxylation is 2. The molecular formula is C32H35NO5. The first-order valence-electron chi connectivity index (χ1n) is 12.8. The molecule has 6 heteroatoms. The Balaban J connectivity index is 2.00. The number of Topliss-reactive ketones (excluding diaryl/α,β-unsaturated/α-hetero) is 1. The Morgan fingerprint density at radius 1 is 0.974 bits per heavy atom. The van der Waals surface area contributed by atoms with Crippen molar-refractivity contribution in [2.75, 3.05) is 18.6 Å². The lowest BCUT2D eigenvalue weighted by Crippen LogP contribution is -2.29. The van der Waals surface area contributed by atoms with Crippen molar-refractivity contribution in [1.29, 1.82) is 0 Å². The van der Waals surface area contributed by atoms with E-state index in [1.165, 1.54) is 4.90 Å². The van der Waals surface area contributed by atoms with Gasteiger partial charge in [0, 0.05) is 11.3 Å². The second-order valence-corrected chi connectivity index (χ2v) is 10.6. The minimum Gasteiger partial charge on any atom is -0.507 e. The average Bonchev–Trinajstić information content (AvgIpc) is 3.14. The fourth-order valence-corrected chi connectivity index (χ4v) is 4.81. The first-order valence-corrected chi connectivity index (χ1v) is 12.8. The van der Waals surface area contributed by atoms with Crippen molar-refractivity contribution in [3.63, 3.8) is 0 Å². The van der Waals surface area contributed by atoms with Gasteiger partial charge in [0.25, 0.3) is 11.7 Å². The van der Waals surface area contributed by atoms with Gasteiger partial charge in [-0.15, -0.1) is 0 Å². The molecule has 1 unspecified atom stereocenters. The maximum absolute atomic E-state index is 13.6. The number of hydrogen-bond donors (Lipinski definition) is 1. The zero-order valence-corrected chi connectivity index (χ0v) is 23.1. The van der Waals surface area contributed by atoms with Gasteiger partial charge in [-0.3, -0.25) is 14.5 Å². The molecule has 38 heavy (non-hydrogen) atoms. The highest BCUT2D eigenvalue weighted by molar-refractivity contribution is 6.51. The molecule has 1 atom stereocenters. The van der Waals surface area contributed by atoms with Crippen LogP contribution in [0.3, 0.4) is 0 Å². The van der Waals surface area contributed by atoms with Gasteiger partial charge < -0.3 is 14.6 Å². The van der Waals surface area contributed by atoms with Gasteiger partial charge >= 0.3 is 0 Å². The quantitative estimate of drug-likeness (QED) is 0.227. The summed E-state index contributed by atoms with van der Waals surface area (Å²) in [5.74, 6) is -0.591. The minimum atomic E-state index is -0.862. The second-order valence-electron chi connectivity index (χ2n) is 10.6. The summed E-state index contributed by atoms with van der Waals surface area (Å²) in [6, 6.07) is 17.7. The number of nitrogens with zero attached hydrogens (tertiary/aromatic N) is 1. The standard InChI is InChI=1S/C32H35NO5/c1-8-38-25-15-13-21(17-26(25)37-7)28-27(29(34)24-18-22(32(4,5)6)14-12-20(24)3)30(35)31(36)33(28)23-11-9-10-19(2)16-23/h9-18,28,34H,8H2,1-7H3/b29-27+. The highest BCUT2D eigenvalue weighted by Gasteiger charge is 2.47. The Labute approximate surface area is 224 Å². The van der Waals surface area contributed by atoms with E-state index in [0.29, 0.717) is 34.9 Å². The number of ketones is 1. The van der Waals surface area contributed by atoms with Crippen LogP contribution in [0.1, 0.15) is 61.6 Å². The summed E-state index contributed by atoms with van der Waals surface area (Å²) in [6.45, 7) is 12.4. The fraction of sp³-hybridized carbons (Fsp3) is 0.312. The number of ether oxygens (including phenoxy) is 2. The minimum absolute atomic E-state index is 0.0388. The number of carbonyl (C=O) groups is 2. The van der Waals surface area contributed by atoms with Gasteiger partial charge in [0.1, 0.15) is 5.76 Å². The molecule has 1 N–H and O–H groups in total. The first kappa shape index (κ1) is 27.0. The molecule has 1 aliphatic rings. The molecule has 3 aromatic carbocycles. The van der Waals surface area contributed by atoms with Crippen molar-refractivity contribution in [3.05, 3.63) is 94.1 Å². The summed E-state index contributed by atoms with van der Waals surface area (Å²) in [5, 5.41) is 11.7. The van der Waals surface area contributed by atoms with Crippen LogP contribution in [-0.4, -0.2) is 30.5 Å². The van der Waals surface area contributed by atoms with Gasteiger partial charge in [-0.1, -0.05) is 51.1 Å². The number of benzene rings is 3. The van der Waals surface area contributed by atoms with Crippen molar-refractivity contribution in [2.24, 2.45) is 0 Å². The zero-order valence-electron chi connectivity index (χ0n) is 23.1. The highest BCUT2D eigenvalue weighted by Crippen LogP contribution is 2.44. The summed E-state index contributed by atoms with van der Waals surface area (Å²) in [7, 11) is 1.54. The third-order valence-corrected chi connectivity index (χ3v) is 6.89. The van der Waals surface area contributed by atoms with E-state index in [1.54, 1.807) is 31.4 Å². The lowest BCUT2D eigenvalue weighted by atomic mass is 9.84. The molecule has 3 aromatic rings. The van der Waals surface area contributed by atoms with E-state index in [-0.39, 0.29) is 16.7 Å². The molecule has 1 heterocycles. The summed E-state index contributed by atoms with van der Waals surface area (Å²) in [6.07, 6.45) is 0. The molecule has 0 spiro atoms. The van der Waals surface area contributed by atoms with Crippen molar-refractivity contribution in [1.82, 2.24) is 0 Å². The van der Waals surface area contributed by atoms with Gasteiger partial charge in [0.15, 0.2) is 11.5 Å². The van der Waals surface area contributed by atoms with Crippen LogP contribution in [-0.2, 0) is 15.0 Å². The van der Waals surface area contributed by atoms with E-state index in [4.69, 9.17) is 9.47 Å². The Kier molecular flexibility index (Phi) is 7.36. The average molecular weight is 514 g/mol. The van der Waals surface area contributed by atoms with Crippen molar-refractivity contribution < 1.29 is 24.2 Å². The number of anilines is 1. The topological polar surface area (TPSA) is 76.1 Å². The molecule has 0 aromatic heterocycles. The number of hydrogen-bond acceptors (Lipinski definition) is 5. The summed E-state index contributed by atoms with van der Waals surface area (Å²) in [4.78, 5) is 28.6. The molecular weight excluding hydrogens is 478 g/mol.